The molecular formula is C23H19F3N4O4. The van der Waals surface area contributed by atoms with Crippen LogP contribution in [0.3, 0.4) is 0 Å². The zero-order valence-electron chi connectivity index (χ0n) is 17.5. The third kappa shape index (κ3) is 5.00. The lowest BCUT2D eigenvalue weighted by atomic mass is 10.1. The average Bonchev–Trinajstić information content (AvgIpc) is 3.26. The number of carbonyl (C=O) groups excluding carboxylic acids is 1. The van der Waals surface area contributed by atoms with Crippen LogP contribution in [-0.2, 0) is 6.18 Å². The quantitative estimate of drug-likeness (QED) is 0.326. The summed E-state index contributed by atoms with van der Waals surface area (Å²) in [7, 11) is 0. The number of H-pyrrole nitrogens is 1. The van der Waals surface area contributed by atoms with Crippen molar-refractivity contribution in [3.8, 4) is 17.1 Å². The molecule has 2 aromatic carbocycles. The first-order valence-corrected chi connectivity index (χ1v) is 10.1. The number of halogens is 3. The number of ether oxygens (including phenoxy) is 1. The Kier molecular flexibility index (Phi) is 6.48. The van der Waals surface area contributed by atoms with Crippen LogP contribution >= 0.6 is 0 Å². The number of anilines is 1. The lowest BCUT2D eigenvalue weighted by molar-refractivity contribution is -0.137. The molecule has 2 aromatic heterocycles. The van der Waals surface area contributed by atoms with E-state index in [2.05, 4.69) is 20.3 Å². The number of para-hydroxylation sites is 1. The van der Waals surface area contributed by atoms with Crippen molar-refractivity contribution >= 4 is 22.8 Å². The number of fused-ring (bicyclic) bond motifs is 1. The first kappa shape index (κ1) is 23.2. The number of aromatic amines is 1. The van der Waals surface area contributed by atoms with Crippen molar-refractivity contribution in [3.05, 3.63) is 71.9 Å². The molecule has 0 radical (unpaired) electrons. The Bertz CT molecular complexity index is 1310. The summed E-state index contributed by atoms with van der Waals surface area (Å²) in [6, 6.07) is 13.0. The van der Waals surface area contributed by atoms with Crippen LogP contribution in [0.4, 0.5) is 19.0 Å². The molecule has 0 saturated carbocycles. The molecule has 34 heavy (non-hydrogen) atoms. The van der Waals surface area contributed by atoms with Crippen LogP contribution in [0.2, 0.25) is 0 Å². The van der Waals surface area contributed by atoms with E-state index < -0.39 is 30.4 Å². The molecule has 1 amide bonds. The molecule has 0 aliphatic heterocycles. The maximum Gasteiger partial charge on any atom is 0.417 e. The fraction of sp³-hybridized carbons (Fsp3) is 0.174. The van der Waals surface area contributed by atoms with Crippen molar-refractivity contribution in [3.63, 3.8) is 0 Å². The van der Waals surface area contributed by atoms with E-state index >= 15 is 0 Å². The first-order chi connectivity index (χ1) is 16.3. The number of nitrogens with zero attached hydrogens (tertiary/aromatic N) is 2. The topological polar surface area (TPSA) is 120 Å². The zero-order chi connectivity index (χ0) is 24.3. The van der Waals surface area contributed by atoms with E-state index in [0.29, 0.717) is 11.3 Å². The first-order valence-electron chi connectivity index (χ1n) is 10.1. The molecule has 4 rings (SSSR count). The van der Waals surface area contributed by atoms with Crippen LogP contribution in [0.25, 0.3) is 22.4 Å². The molecule has 1 atom stereocenters. The standard InChI is InChI=1S/C23H19F3N4O4/c24-23(25,26)17-10-14(34-12-13(32)11-31)7-8-15(17)21-28-18-5-3-4-16(20(18)30-21)22(33)29-19-6-1-2-9-27-19/h1-10,13,31-32H,11-12H2,(H,28,30)(H,27,29,33). The van der Waals surface area contributed by atoms with Gasteiger partial charge in [-0.05, 0) is 42.5 Å². The van der Waals surface area contributed by atoms with Gasteiger partial charge >= 0.3 is 6.18 Å². The summed E-state index contributed by atoms with van der Waals surface area (Å²) in [6.07, 6.45) is -4.44. The highest BCUT2D eigenvalue weighted by molar-refractivity contribution is 6.11. The van der Waals surface area contributed by atoms with Crippen LogP contribution in [0.1, 0.15) is 15.9 Å². The predicted molar refractivity (Wildman–Crippen MR) is 117 cm³/mol. The molecule has 0 spiro atoms. The van der Waals surface area contributed by atoms with Gasteiger partial charge in [-0.25, -0.2) is 9.97 Å². The largest absolute Gasteiger partial charge is 0.491 e. The Labute approximate surface area is 191 Å². The molecule has 4 N–H and O–H groups in total. The molecule has 11 heteroatoms. The molecule has 0 aliphatic rings. The monoisotopic (exact) mass is 472 g/mol. The maximum absolute atomic E-state index is 13.8. The molecule has 0 fully saturated rings. The van der Waals surface area contributed by atoms with E-state index in [1.165, 1.54) is 24.4 Å². The molecule has 2 heterocycles. The van der Waals surface area contributed by atoms with E-state index in [1.54, 1.807) is 30.3 Å². The Morgan fingerprint density at radius 2 is 1.97 bits per heavy atom. The fourth-order valence-corrected chi connectivity index (χ4v) is 3.26. The van der Waals surface area contributed by atoms with E-state index in [4.69, 9.17) is 9.84 Å². The van der Waals surface area contributed by atoms with Gasteiger partial charge in [0.1, 0.15) is 35.6 Å². The van der Waals surface area contributed by atoms with Crippen molar-refractivity contribution in [1.82, 2.24) is 15.0 Å². The number of rotatable bonds is 7. The predicted octanol–water partition coefficient (Wildman–Crippen LogP) is 3.63. The smallest absolute Gasteiger partial charge is 0.417 e. The molecule has 4 aromatic rings. The van der Waals surface area contributed by atoms with Gasteiger partial charge in [0.05, 0.1) is 23.3 Å². The van der Waals surface area contributed by atoms with Crippen molar-refractivity contribution in [2.45, 2.75) is 12.3 Å². The number of nitrogens with one attached hydrogen (secondary N) is 2. The third-order valence-corrected chi connectivity index (χ3v) is 4.87. The van der Waals surface area contributed by atoms with E-state index in [-0.39, 0.29) is 34.8 Å². The summed E-state index contributed by atoms with van der Waals surface area (Å²) in [5, 5.41) is 20.9. The Morgan fingerprint density at radius 1 is 1.15 bits per heavy atom. The van der Waals surface area contributed by atoms with Crippen LogP contribution in [0.5, 0.6) is 5.75 Å². The summed E-state index contributed by atoms with van der Waals surface area (Å²) in [5.74, 6) is -0.399. The lowest BCUT2D eigenvalue weighted by Gasteiger charge is -2.15. The number of carbonyl (C=O) groups is 1. The zero-order valence-corrected chi connectivity index (χ0v) is 17.5. The molecule has 0 aliphatic carbocycles. The van der Waals surface area contributed by atoms with Crippen LogP contribution < -0.4 is 10.1 Å². The normalized spacial score (nSPS) is 12.5. The average molecular weight is 472 g/mol. The number of aromatic nitrogens is 3. The number of hydrogen-bond acceptors (Lipinski definition) is 6. The summed E-state index contributed by atoms with van der Waals surface area (Å²) in [6.45, 7) is -0.952. The number of imidazole rings is 1. The van der Waals surface area contributed by atoms with Gasteiger partial charge in [0, 0.05) is 11.8 Å². The number of amides is 1. The Morgan fingerprint density at radius 3 is 2.68 bits per heavy atom. The summed E-state index contributed by atoms with van der Waals surface area (Å²) < 4.78 is 46.6. The van der Waals surface area contributed by atoms with Crippen molar-refractivity contribution < 1.29 is 32.9 Å². The minimum Gasteiger partial charge on any atom is -0.491 e. The van der Waals surface area contributed by atoms with Gasteiger partial charge in [-0.15, -0.1) is 0 Å². The van der Waals surface area contributed by atoms with Gasteiger partial charge in [-0.3, -0.25) is 4.79 Å². The second-order valence-corrected chi connectivity index (χ2v) is 7.31. The highest BCUT2D eigenvalue weighted by Gasteiger charge is 2.35. The summed E-state index contributed by atoms with van der Waals surface area (Å²) >= 11 is 0. The molecule has 0 saturated heterocycles. The van der Waals surface area contributed by atoms with Crippen LogP contribution in [-0.4, -0.2) is 50.4 Å². The lowest BCUT2D eigenvalue weighted by Crippen LogP contribution is -2.21. The third-order valence-electron chi connectivity index (χ3n) is 4.87. The fourth-order valence-electron chi connectivity index (χ4n) is 3.26. The van der Waals surface area contributed by atoms with Crippen LogP contribution in [0, 0.1) is 0 Å². The molecule has 1 unspecified atom stereocenters. The summed E-state index contributed by atoms with van der Waals surface area (Å²) in [5.41, 5.74) is -0.511. The van der Waals surface area contributed by atoms with E-state index in [1.807, 2.05) is 0 Å². The number of alkyl halides is 3. The van der Waals surface area contributed by atoms with Crippen molar-refractivity contribution in [1.29, 1.82) is 0 Å². The SMILES string of the molecule is O=C(Nc1ccccn1)c1cccc2[nH]c(-c3ccc(OCC(O)CO)cc3C(F)(F)F)nc12. The van der Waals surface area contributed by atoms with Gasteiger partial charge in [-0.2, -0.15) is 13.2 Å². The van der Waals surface area contributed by atoms with Gasteiger partial charge in [-0.1, -0.05) is 12.1 Å². The number of hydrogen-bond donors (Lipinski definition) is 4. The molecule has 8 nitrogen and oxygen atoms in total. The van der Waals surface area contributed by atoms with Gasteiger partial charge < -0.3 is 25.3 Å². The van der Waals surface area contributed by atoms with Crippen molar-refractivity contribution in [2.24, 2.45) is 0 Å². The number of aliphatic hydroxyl groups excluding tert-OH is 2. The Hall–Kier alpha value is -3.96. The van der Waals surface area contributed by atoms with Gasteiger partial charge in [0.15, 0.2) is 0 Å². The molecule has 176 valence electrons. The highest BCUT2D eigenvalue weighted by atomic mass is 19.4. The van der Waals surface area contributed by atoms with Crippen LogP contribution in [0.15, 0.2) is 60.8 Å². The molecule has 0 bridgehead atoms. The second-order valence-electron chi connectivity index (χ2n) is 7.31. The number of benzene rings is 2. The Balaban J connectivity index is 1.71. The van der Waals surface area contributed by atoms with E-state index in [0.717, 1.165) is 6.07 Å². The number of pyridine rings is 1. The minimum absolute atomic E-state index is 0.0812. The molecular weight excluding hydrogens is 453 g/mol. The number of aliphatic hydroxyl groups is 2. The van der Waals surface area contributed by atoms with Gasteiger partial charge in [0.25, 0.3) is 5.91 Å². The second kappa shape index (κ2) is 9.49. The van der Waals surface area contributed by atoms with E-state index in [9.17, 15) is 23.1 Å². The minimum atomic E-state index is -4.73. The maximum atomic E-state index is 13.8. The van der Waals surface area contributed by atoms with Crippen molar-refractivity contribution in [2.75, 3.05) is 18.5 Å². The van der Waals surface area contributed by atoms with Gasteiger partial charge in [0.2, 0.25) is 0 Å². The highest BCUT2D eigenvalue weighted by Crippen LogP contribution is 2.39. The summed E-state index contributed by atoms with van der Waals surface area (Å²) in [4.78, 5) is 23.9.